The molecule has 0 aliphatic heterocycles. The van der Waals surface area contributed by atoms with E-state index in [-0.39, 0.29) is 11.9 Å². The minimum atomic E-state index is -0.280. The van der Waals surface area contributed by atoms with Gasteiger partial charge in [0.25, 0.3) is 0 Å². The highest BCUT2D eigenvalue weighted by Crippen LogP contribution is 2.13. The molecule has 0 unspecified atom stereocenters. The normalized spacial score (nSPS) is 9.95. The van der Waals surface area contributed by atoms with Crippen molar-refractivity contribution in [3.63, 3.8) is 0 Å². The van der Waals surface area contributed by atoms with Crippen molar-refractivity contribution in [3.8, 4) is 0 Å². The highest BCUT2D eigenvalue weighted by Gasteiger charge is 2.02. The largest absolute Gasteiger partial charge is 0.359 e. The highest BCUT2D eigenvalue weighted by molar-refractivity contribution is 7.80. The average Bonchev–Trinajstić information content (AvgIpc) is 2.30. The van der Waals surface area contributed by atoms with E-state index in [1.165, 1.54) is 6.07 Å². The van der Waals surface area contributed by atoms with Crippen LogP contribution >= 0.6 is 24.4 Å². The van der Waals surface area contributed by atoms with E-state index in [1.54, 1.807) is 19.1 Å². The molecule has 0 bridgehead atoms. The molecule has 0 saturated heterocycles. The average molecular weight is 300 g/mol. The van der Waals surface area contributed by atoms with Gasteiger partial charge in [0, 0.05) is 11.7 Å². The van der Waals surface area contributed by atoms with Gasteiger partial charge in [-0.3, -0.25) is 10.9 Å². The predicted octanol–water partition coefficient (Wildman–Crippen LogP) is 2.21. The second-order valence-corrected chi connectivity index (χ2v) is 5.11. The molecule has 1 aromatic rings. The Morgan fingerprint density at radius 2 is 1.79 bits per heavy atom. The van der Waals surface area contributed by atoms with Gasteiger partial charge >= 0.3 is 0 Å². The lowest BCUT2D eigenvalue weighted by atomic mass is 10.2. The predicted molar refractivity (Wildman–Crippen MR) is 84.5 cm³/mol. The van der Waals surface area contributed by atoms with Crippen LogP contribution in [0, 0.1) is 12.7 Å². The Labute approximate surface area is 123 Å². The third kappa shape index (κ3) is 5.80. The van der Waals surface area contributed by atoms with Crippen LogP contribution in [0.25, 0.3) is 0 Å². The fraction of sp³-hybridized carbons (Fsp3) is 0.333. The summed E-state index contributed by atoms with van der Waals surface area (Å²) >= 11 is 10.1. The van der Waals surface area contributed by atoms with Crippen molar-refractivity contribution in [3.05, 3.63) is 29.6 Å². The van der Waals surface area contributed by atoms with E-state index in [1.807, 2.05) is 13.8 Å². The van der Waals surface area contributed by atoms with E-state index >= 15 is 0 Å². The fourth-order valence-electron chi connectivity index (χ4n) is 1.24. The standard InChI is InChI=1S/C12H17FN4S2/c1-7(2)14-11(18)16-17-12(19)15-9-5-4-8(3)10(13)6-9/h4-7H,1-3H3,(H2,14,16,18)(H2,15,17,19). The van der Waals surface area contributed by atoms with E-state index in [0.29, 0.717) is 21.5 Å². The minimum Gasteiger partial charge on any atom is -0.359 e. The number of hydrazine groups is 1. The number of thiocarbonyl (C=S) groups is 2. The first-order valence-corrected chi connectivity index (χ1v) is 6.60. The van der Waals surface area contributed by atoms with Crippen molar-refractivity contribution < 1.29 is 4.39 Å². The highest BCUT2D eigenvalue weighted by atomic mass is 32.1. The maximum absolute atomic E-state index is 13.3. The zero-order valence-corrected chi connectivity index (χ0v) is 12.6. The number of hydrogen-bond donors (Lipinski definition) is 4. The number of nitrogens with one attached hydrogen (secondary N) is 4. The molecule has 0 heterocycles. The van der Waals surface area contributed by atoms with Crippen LogP contribution in [0.15, 0.2) is 18.2 Å². The zero-order valence-electron chi connectivity index (χ0n) is 11.0. The molecule has 0 fully saturated rings. The SMILES string of the molecule is Cc1ccc(NC(=S)NNC(=S)NC(C)C)cc1F. The smallest absolute Gasteiger partial charge is 0.189 e. The van der Waals surface area contributed by atoms with Crippen molar-refractivity contribution >= 4 is 40.3 Å². The Kier molecular flexibility index (Phi) is 5.91. The van der Waals surface area contributed by atoms with Gasteiger partial charge in [-0.1, -0.05) is 6.07 Å². The summed E-state index contributed by atoms with van der Waals surface area (Å²) in [4.78, 5) is 0. The number of rotatable bonds is 2. The molecule has 4 N–H and O–H groups in total. The van der Waals surface area contributed by atoms with Gasteiger partial charge in [0.05, 0.1) is 0 Å². The number of hydrogen-bond acceptors (Lipinski definition) is 2. The first-order valence-electron chi connectivity index (χ1n) is 5.78. The van der Waals surface area contributed by atoms with E-state index < -0.39 is 0 Å². The van der Waals surface area contributed by atoms with Crippen LogP contribution in [0.3, 0.4) is 0 Å². The summed E-state index contributed by atoms with van der Waals surface area (Å²) in [7, 11) is 0. The fourth-order valence-corrected chi connectivity index (χ4v) is 1.70. The van der Waals surface area contributed by atoms with Gasteiger partial charge in [0.2, 0.25) is 0 Å². The second-order valence-electron chi connectivity index (χ2n) is 4.30. The molecule has 4 nitrogen and oxygen atoms in total. The molecule has 7 heteroatoms. The van der Waals surface area contributed by atoms with Crippen molar-refractivity contribution in [2.24, 2.45) is 0 Å². The topological polar surface area (TPSA) is 48.1 Å². The lowest BCUT2D eigenvalue weighted by molar-refractivity contribution is 0.619. The molecule has 0 radical (unpaired) electrons. The summed E-state index contributed by atoms with van der Waals surface area (Å²) in [5.41, 5.74) is 6.61. The number of anilines is 1. The van der Waals surface area contributed by atoms with Crippen LogP contribution in [0.1, 0.15) is 19.4 Å². The molecule has 104 valence electrons. The molecule has 1 aromatic carbocycles. The van der Waals surface area contributed by atoms with Gasteiger partial charge in [0.15, 0.2) is 10.2 Å². The minimum absolute atomic E-state index is 0.231. The van der Waals surface area contributed by atoms with Crippen molar-refractivity contribution in [1.29, 1.82) is 0 Å². The van der Waals surface area contributed by atoms with Gasteiger partial charge in [-0.25, -0.2) is 4.39 Å². The Hall–Kier alpha value is -1.47. The molecule has 1 rings (SSSR count). The third-order valence-electron chi connectivity index (χ3n) is 2.14. The Morgan fingerprint density at radius 3 is 2.37 bits per heavy atom. The number of benzene rings is 1. The van der Waals surface area contributed by atoms with E-state index in [4.69, 9.17) is 24.4 Å². The Morgan fingerprint density at radius 1 is 1.16 bits per heavy atom. The van der Waals surface area contributed by atoms with E-state index in [9.17, 15) is 4.39 Å². The number of halogens is 1. The molecule has 0 atom stereocenters. The summed E-state index contributed by atoms with van der Waals surface area (Å²) < 4.78 is 13.3. The first kappa shape index (κ1) is 15.6. The molecular weight excluding hydrogens is 283 g/mol. The summed E-state index contributed by atoms with van der Waals surface area (Å²) in [6, 6.07) is 5.04. The molecule has 0 spiro atoms. The van der Waals surface area contributed by atoms with Gasteiger partial charge < -0.3 is 10.6 Å². The van der Waals surface area contributed by atoms with Gasteiger partial charge in [-0.15, -0.1) is 0 Å². The summed E-state index contributed by atoms with van der Waals surface area (Å²) in [5, 5.41) is 6.58. The van der Waals surface area contributed by atoms with Gasteiger partial charge in [-0.05, 0) is 62.9 Å². The van der Waals surface area contributed by atoms with Crippen LogP contribution in [0.5, 0.6) is 0 Å². The molecule has 0 aliphatic carbocycles. The Bertz CT molecular complexity index is 477. The van der Waals surface area contributed by atoms with Crippen LogP contribution in [-0.4, -0.2) is 16.3 Å². The molecule has 0 saturated carbocycles. The first-order chi connectivity index (χ1) is 8.88. The third-order valence-corrected chi connectivity index (χ3v) is 2.56. The van der Waals surface area contributed by atoms with Crippen LogP contribution in [-0.2, 0) is 0 Å². The van der Waals surface area contributed by atoms with Crippen LogP contribution in [0.4, 0.5) is 10.1 Å². The second kappa shape index (κ2) is 7.20. The van der Waals surface area contributed by atoms with Crippen LogP contribution in [0.2, 0.25) is 0 Å². The number of aryl methyl sites for hydroxylation is 1. The summed E-state index contributed by atoms with van der Waals surface area (Å²) in [6.45, 7) is 5.65. The lowest BCUT2D eigenvalue weighted by Crippen LogP contribution is -2.49. The molecular formula is C12H17FN4S2. The maximum Gasteiger partial charge on any atom is 0.189 e. The van der Waals surface area contributed by atoms with Gasteiger partial charge in [-0.2, -0.15) is 0 Å². The maximum atomic E-state index is 13.3. The van der Waals surface area contributed by atoms with Crippen molar-refractivity contribution in [2.75, 3.05) is 5.32 Å². The van der Waals surface area contributed by atoms with Crippen LogP contribution < -0.4 is 21.5 Å². The summed E-state index contributed by atoms with van der Waals surface area (Å²) in [6.07, 6.45) is 0. The molecule has 19 heavy (non-hydrogen) atoms. The summed E-state index contributed by atoms with van der Waals surface area (Å²) in [5.74, 6) is -0.280. The van der Waals surface area contributed by atoms with Crippen molar-refractivity contribution in [1.82, 2.24) is 16.2 Å². The quantitative estimate of drug-likeness (QED) is 0.496. The molecule has 0 aromatic heterocycles. The van der Waals surface area contributed by atoms with E-state index in [0.717, 1.165) is 0 Å². The monoisotopic (exact) mass is 300 g/mol. The lowest BCUT2D eigenvalue weighted by Gasteiger charge is -2.16. The zero-order chi connectivity index (χ0) is 14.4. The molecule has 0 amide bonds. The molecule has 0 aliphatic rings. The van der Waals surface area contributed by atoms with E-state index in [2.05, 4.69) is 21.5 Å². The Balaban J connectivity index is 2.43. The van der Waals surface area contributed by atoms with Gasteiger partial charge in [0.1, 0.15) is 5.82 Å². The van der Waals surface area contributed by atoms with Crippen molar-refractivity contribution in [2.45, 2.75) is 26.8 Å².